The Bertz CT molecular complexity index is 648. The Kier molecular flexibility index (Phi) is 6.46. The Morgan fingerprint density at radius 2 is 1.96 bits per heavy atom. The zero-order valence-corrected chi connectivity index (χ0v) is 15.8. The van der Waals surface area contributed by atoms with Crippen molar-refractivity contribution in [2.24, 2.45) is 10.9 Å². The van der Waals surface area contributed by atoms with Crippen LogP contribution in [0.2, 0.25) is 0 Å². The summed E-state index contributed by atoms with van der Waals surface area (Å²) in [5, 5.41) is 21.9. The maximum Gasteiger partial charge on any atom is 0.178 e. The van der Waals surface area contributed by atoms with E-state index >= 15 is 0 Å². The van der Waals surface area contributed by atoms with Crippen LogP contribution in [0.3, 0.4) is 0 Å². The third-order valence-corrected chi connectivity index (χ3v) is 5.76. The van der Waals surface area contributed by atoms with Crippen molar-refractivity contribution < 1.29 is 10.2 Å². The highest BCUT2D eigenvalue weighted by atomic mass is 16.5. The molecule has 5 heteroatoms. The first kappa shape index (κ1) is 19.1. The second kappa shape index (κ2) is 8.80. The Morgan fingerprint density at radius 3 is 2.58 bits per heavy atom. The molecule has 0 saturated carbocycles. The van der Waals surface area contributed by atoms with Crippen molar-refractivity contribution in [2.45, 2.75) is 51.0 Å². The molecule has 1 saturated heterocycles. The molecule has 1 aromatic rings. The summed E-state index contributed by atoms with van der Waals surface area (Å²) in [4.78, 5) is 7.19. The number of hydrogen-bond acceptors (Lipinski definition) is 5. The monoisotopic (exact) mass is 357 g/mol. The highest BCUT2D eigenvalue weighted by Gasteiger charge is 2.26. The first-order chi connectivity index (χ1) is 12.6. The Balaban J connectivity index is 1.49. The molecular formula is C21H31N3O2. The summed E-state index contributed by atoms with van der Waals surface area (Å²) < 4.78 is 0. The van der Waals surface area contributed by atoms with Gasteiger partial charge < -0.3 is 15.5 Å². The van der Waals surface area contributed by atoms with Gasteiger partial charge in [0.15, 0.2) is 6.29 Å². The second-order valence-corrected chi connectivity index (χ2v) is 7.56. The number of likely N-dealkylation sites (tertiary alicyclic amines) is 1. The molecule has 26 heavy (non-hydrogen) atoms. The van der Waals surface area contributed by atoms with E-state index in [0.717, 1.165) is 37.5 Å². The summed E-state index contributed by atoms with van der Waals surface area (Å²) in [6, 6.07) is 7.69. The molecule has 5 nitrogen and oxygen atoms in total. The fraction of sp³-hybridized carbons (Fsp3) is 0.571. The van der Waals surface area contributed by atoms with Crippen LogP contribution in [-0.2, 0) is 0 Å². The van der Waals surface area contributed by atoms with Crippen LogP contribution < -0.4 is 5.32 Å². The van der Waals surface area contributed by atoms with Crippen molar-refractivity contribution in [3.05, 3.63) is 47.2 Å². The van der Waals surface area contributed by atoms with Crippen LogP contribution in [0.25, 0.3) is 0 Å². The average Bonchev–Trinajstić information content (AvgIpc) is 2.68. The van der Waals surface area contributed by atoms with Gasteiger partial charge in [-0.05, 0) is 36.7 Å². The van der Waals surface area contributed by atoms with Gasteiger partial charge in [0, 0.05) is 44.0 Å². The molecule has 0 radical (unpaired) electrons. The van der Waals surface area contributed by atoms with E-state index in [1.165, 1.54) is 18.4 Å². The number of aliphatic hydroxyl groups is 2. The minimum absolute atomic E-state index is 0.299. The molecule has 2 heterocycles. The molecule has 0 bridgehead atoms. The minimum atomic E-state index is -1.39. The Morgan fingerprint density at radius 1 is 1.23 bits per heavy atom. The number of allylic oxidation sites excluding steroid dienone is 1. The molecule has 2 unspecified atom stereocenters. The lowest BCUT2D eigenvalue weighted by Crippen LogP contribution is -2.41. The van der Waals surface area contributed by atoms with Crippen LogP contribution in [-0.4, -0.2) is 47.6 Å². The molecule has 1 fully saturated rings. The zero-order chi connectivity index (χ0) is 18.5. The first-order valence-corrected chi connectivity index (χ1v) is 9.68. The molecule has 0 aromatic heterocycles. The largest absolute Gasteiger partial charge is 0.387 e. The van der Waals surface area contributed by atoms with Gasteiger partial charge in [0.25, 0.3) is 0 Å². The maximum absolute atomic E-state index is 9.37. The van der Waals surface area contributed by atoms with Gasteiger partial charge in [-0.1, -0.05) is 37.3 Å². The number of piperidine rings is 1. The smallest absolute Gasteiger partial charge is 0.178 e. The lowest BCUT2D eigenvalue weighted by atomic mass is 9.84. The van der Waals surface area contributed by atoms with Crippen LogP contribution in [0.15, 0.2) is 41.0 Å². The van der Waals surface area contributed by atoms with E-state index in [1.807, 2.05) is 25.4 Å². The summed E-state index contributed by atoms with van der Waals surface area (Å²) in [5.74, 6) is 1.15. The van der Waals surface area contributed by atoms with Crippen LogP contribution in [0.5, 0.6) is 0 Å². The fourth-order valence-electron chi connectivity index (χ4n) is 4.07. The van der Waals surface area contributed by atoms with Crippen LogP contribution in [0.4, 0.5) is 0 Å². The highest BCUT2D eigenvalue weighted by molar-refractivity contribution is 5.78. The van der Waals surface area contributed by atoms with E-state index in [0.29, 0.717) is 17.6 Å². The van der Waals surface area contributed by atoms with E-state index in [2.05, 4.69) is 34.3 Å². The molecule has 0 aliphatic carbocycles. The molecule has 142 valence electrons. The molecule has 3 rings (SSSR count). The van der Waals surface area contributed by atoms with Gasteiger partial charge in [-0.3, -0.25) is 9.89 Å². The SMILES string of the molecule is CNC1=CCC(N2CCC(CC(C)c3cccc(C(O)O)c3)CC2)N=C1. The van der Waals surface area contributed by atoms with Gasteiger partial charge in [-0.25, -0.2) is 0 Å². The van der Waals surface area contributed by atoms with Crippen molar-refractivity contribution in [1.29, 1.82) is 0 Å². The molecule has 3 N–H and O–H groups in total. The number of nitrogens with one attached hydrogen (secondary N) is 1. The van der Waals surface area contributed by atoms with Gasteiger partial charge in [-0.2, -0.15) is 0 Å². The van der Waals surface area contributed by atoms with Gasteiger partial charge in [0.2, 0.25) is 0 Å². The van der Waals surface area contributed by atoms with Gasteiger partial charge in [-0.15, -0.1) is 0 Å². The Hall–Kier alpha value is -1.69. The lowest BCUT2D eigenvalue weighted by molar-refractivity contribution is -0.0425. The topological polar surface area (TPSA) is 68.1 Å². The van der Waals surface area contributed by atoms with E-state index < -0.39 is 6.29 Å². The van der Waals surface area contributed by atoms with Crippen molar-refractivity contribution in [3.8, 4) is 0 Å². The number of benzene rings is 1. The van der Waals surface area contributed by atoms with E-state index in [9.17, 15) is 10.2 Å². The molecule has 2 aliphatic rings. The average molecular weight is 357 g/mol. The molecule has 1 aromatic carbocycles. The van der Waals surface area contributed by atoms with Crippen LogP contribution in [0, 0.1) is 5.92 Å². The van der Waals surface area contributed by atoms with Gasteiger partial charge >= 0.3 is 0 Å². The Labute approximate surface area is 156 Å². The molecule has 0 amide bonds. The number of aliphatic hydroxyl groups excluding tert-OH is 1. The quantitative estimate of drug-likeness (QED) is 0.685. The van der Waals surface area contributed by atoms with E-state index in [4.69, 9.17) is 0 Å². The minimum Gasteiger partial charge on any atom is -0.387 e. The van der Waals surface area contributed by atoms with Gasteiger partial charge in [0.1, 0.15) is 6.17 Å². The van der Waals surface area contributed by atoms with Crippen molar-refractivity contribution >= 4 is 6.21 Å². The number of hydrogen-bond donors (Lipinski definition) is 3. The molecule has 2 aliphatic heterocycles. The summed E-state index contributed by atoms with van der Waals surface area (Å²) in [5.41, 5.74) is 2.88. The summed E-state index contributed by atoms with van der Waals surface area (Å²) in [6.07, 6.45) is 7.65. The number of rotatable bonds is 6. The summed E-state index contributed by atoms with van der Waals surface area (Å²) in [7, 11) is 1.93. The fourth-order valence-corrected chi connectivity index (χ4v) is 4.07. The van der Waals surface area contributed by atoms with Crippen molar-refractivity contribution in [2.75, 3.05) is 20.1 Å². The van der Waals surface area contributed by atoms with Gasteiger partial charge in [0.05, 0.1) is 0 Å². The van der Waals surface area contributed by atoms with Crippen LogP contribution >= 0.6 is 0 Å². The normalized spacial score (nSPS) is 23.1. The van der Waals surface area contributed by atoms with Crippen molar-refractivity contribution in [1.82, 2.24) is 10.2 Å². The predicted octanol–water partition coefficient (Wildman–Crippen LogP) is 2.78. The third-order valence-electron chi connectivity index (χ3n) is 5.76. The molecule has 2 atom stereocenters. The van der Waals surface area contributed by atoms with Crippen LogP contribution in [0.1, 0.15) is 55.9 Å². The van der Waals surface area contributed by atoms with E-state index in [1.54, 1.807) is 6.07 Å². The number of aliphatic imine (C=N–C) groups is 1. The predicted molar refractivity (Wildman–Crippen MR) is 105 cm³/mol. The zero-order valence-electron chi connectivity index (χ0n) is 15.8. The second-order valence-electron chi connectivity index (χ2n) is 7.56. The standard InChI is InChI=1S/C21H31N3O2/c1-15(17-4-3-5-18(13-17)21(25)26)12-16-8-10-24(11-9-16)20-7-6-19(22-2)14-23-20/h3-6,13-16,20-22,25-26H,7-12H2,1-2H3. The molecule has 0 spiro atoms. The third kappa shape index (κ3) is 4.72. The number of dihydropyridines is 1. The van der Waals surface area contributed by atoms with E-state index in [-0.39, 0.29) is 0 Å². The summed E-state index contributed by atoms with van der Waals surface area (Å²) in [6.45, 7) is 4.46. The number of nitrogens with zero attached hydrogens (tertiary/aromatic N) is 2. The highest BCUT2D eigenvalue weighted by Crippen LogP contribution is 2.31. The first-order valence-electron chi connectivity index (χ1n) is 9.68. The summed E-state index contributed by atoms with van der Waals surface area (Å²) >= 11 is 0. The maximum atomic E-state index is 9.37. The van der Waals surface area contributed by atoms with Crippen molar-refractivity contribution in [3.63, 3.8) is 0 Å². The molecular weight excluding hydrogens is 326 g/mol. The lowest BCUT2D eigenvalue weighted by Gasteiger charge is -2.37.